The van der Waals surface area contributed by atoms with Gasteiger partial charge < -0.3 is 4.74 Å². The summed E-state index contributed by atoms with van der Waals surface area (Å²) in [7, 11) is 0. The van der Waals surface area contributed by atoms with Gasteiger partial charge in [-0.15, -0.1) is 11.3 Å². The Morgan fingerprint density at radius 2 is 1.81 bits per heavy atom. The number of amides is 2. The van der Waals surface area contributed by atoms with Crippen molar-refractivity contribution in [2.24, 2.45) is 0 Å². The first kappa shape index (κ1) is 18.2. The minimum absolute atomic E-state index is 0.202. The monoisotopic (exact) mass is 388 g/mol. The summed E-state index contributed by atoms with van der Waals surface area (Å²) < 4.78 is 6.30. The molecule has 0 unspecified atom stereocenters. The van der Waals surface area contributed by atoms with E-state index in [-0.39, 0.29) is 6.61 Å². The summed E-state index contributed by atoms with van der Waals surface area (Å²) in [6.07, 6.45) is 0.938. The van der Waals surface area contributed by atoms with Crippen molar-refractivity contribution < 1.29 is 14.3 Å². The summed E-state index contributed by atoms with van der Waals surface area (Å²) in [4.78, 5) is 24.4. The van der Waals surface area contributed by atoms with Crippen LogP contribution in [0.2, 0.25) is 5.02 Å². The average molecular weight is 389 g/mol. The van der Waals surface area contributed by atoms with Crippen LogP contribution in [0.5, 0.6) is 5.75 Å². The van der Waals surface area contributed by atoms with Crippen molar-refractivity contribution in [1.82, 2.24) is 10.9 Å². The first-order valence-corrected chi connectivity index (χ1v) is 9.26. The topological polar surface area (TPSA) is 67.4 Å². The highest BCUT2D eigenvalue weighted by Gasteiger charge is 2.17. The molecular weight excluding hydrogens is 372 g/mol. The van der Waals surface area contributed by atoms with Crippen LogP contribution in [0.15, 0.2) is 48.5 Å². The highest BCUT2D eigenvalue weighted by molar-refractivity contribution is 7.21. The molecule has 7 heteroatoms. The Morgan fingerprint density at radius 1 is 1.08 bits per heavy atom. The molecule has 2 N–H and O–H groups in total. The van der Waals surface area contributed by atoms with E-state index >= 15 is 0 Å². The highest BCUT2D eigenvalue weighted by Crippen LogP contribution is 2.34. The predicted octanol–water partition coefficient (Wildman–Crippen LogP) is 3.96. The van der Waals surface area contributed by atoms with E-state index in [4.69, 9.17) is 16.3 Å². The van der Waals surface area contributed by atoms with E-state index in [1.165, 1.54) is 16.9 Å². The second-order valence-electron chi connectivity index (χ2n) is 5.53. The number of hydrazine groups is 1. The molecule has 2 aromatic carbocycles. The van der Waals surface area contributed by atoms with Crippen molar-refractivity contribution in [3.05, 3.63) is 64.0 Å². The molecule has 0 aliphatic rings. The van der Waals surface area contributed by atoms with E-state index < -0.39 is 11.8 Å². The number of aryl methyl sites for hydroxylation is 1. The first-order chi connectivity index (χ1) is 12.6. The number of hydrogen-bond donors (Lipinski definition) is 2. The molecular formula is C19H17ClN2O3S. The van der Waals surface area contributed by atoms with Gasteiger partial charge in [-0.25, -0.2) is 0 Å². The second kappa shape index (κ2) is 8.21. The normalized spacial score (nSPS) is 10.5. The van der Waals surface area contributed by atoms with Gasteiger partial charge in [0.1, 0.15) is 10.6 Å². The minimum Gasteiger partial charge on any atom is -0.484 e. The third kappa shape index (κ3) is 4.15. The summed E-state index contributed by atoms with van der Waals surface area (Å²) in [5, 5.41) is 1.19. The van der Waals surface area contributed by atoms with Crippen LogP contribution in [0.4, 0.5) is 0 Å². The summed E-state index contributed by atoms with van der Waals surface area (Å²) in [6.45, 7) is 1.86. The van der Waals surface area contributed by atoms with Crippen LogP contribution in [-0.4, -0.2) is 18.4 Å². The molecule has 0 aliphatic heterocycles. The van der Waals surface area contributed by atoms with Gasteiger partial charge in [0.25, 0.3) is 11.8 Å². The molecule has 0 atom stereocenters. The highest BCUT2D eigenvalue weighted by atomic mass is 35.5. The smallest absolute Gasteiger partial charge is 0.281 e. The van der Waals surface area contributed by atoms with Gasteiger partial charge in [-0.2, -0.15) is 0 Å². The molecule has 3 aromatic rings. The molecule has 5 nitrogen and oxygen atoms in total. The quantitative estimate of drug-likeness (QED) is 0.650. The van der Waals surface area contributed by atoms with Gasteiger partial charge in [0.15, 0.2) is 6.61 Å². The van der Waals surface area contributed by atoms with Crippen molar-refractivity contribution >= 4 is 44.8 Å². The molecule has 2 amide bonds. The van der Waals surface area contributed by atoms with Crippen LogP contribution in [0.25, 0.3) is 10.1 Å². The van der Waals surface area contributed by atoms with E-state index in [0.29, 0.717) is 15.6 Å². The van der Waals surface area contributed by atoms with Crippen LogP contribution in [0, 0.1) is 0 Å². The fourth-order valence-electron chi connectivity index (χ4n) is 2.35. The third-order valence-electron chi connectivity index (χ3n) is 3.76. The Balaban J connectivity index is 1.53. The van der Waals surface area contributed by atoms with Crippen LogP contribution in [0.3, 0.4) is 0 Å². The lowest BCUT2D eigenvalue weighted by molar-refractivity contribution is -0.123. The third-order valence-corrected chi connectivity index (χ3v) is 5.43. The van der Waals surface area contributed by atoms with Gasteiger partial charge in [-0.3, -0.25) is 20.4 Å². The maximum atomic E-state index is 12.2. The molecule has 3 rings (SSSR count). The zero-order valence-corrected chi connectivity index (χ0v) is 15.6. The molecule has 0 spiro atoms. The van der Waals surface area contributed by atoms with E-state index in [1.807, 2.05) is 48.5 Å². The van der Waals surface area contributed by atoms with Gasteiger partial charge >= 0.3 is 0 Å². The SMILES string of the molecule is CCc1ccc(OCC(=O)NNC(=O)c2sc3ccccc3c2Cl)cc1. The summed E-state index contributed by atoms with van der Waals surface area (Å²) in [5.41, 5.74) is 5.88. The van der Waals surface area contributed by atoms with E-state index in [1.54, 1.807) is 0 Å². The van der Waals surface area contributed by atoms with Crippen LogP contribution in [0.1, 0.15) is 22.2 Å². The van der Waals surface area contributed by atoms with E-state index in [9.17, 15) is 9.59 Å². The molecule has 134 valence electrons. The lowest BCUT2D eigenvalue weighted by atomic mass is 10.2. The zero-order valence-electron chi connectivity index (χ0n) is 14.0. The number of ether oxygens (including phenoxy) is 1. The summed E-state index contributed by atoms with van der Waals surface area (Å²) >= 11 is 7.52. The lowest BCUT2D eigenvalue weighted by Gasteiger charge is -2.08. The van der Waals surface area contributed by atoms with Gasteiger partial charge in [0.05, 0.1) is 5.02 Å². The molecule has 26 heavy (non-hydrogen) atoms. The molecule has 1 heterocycles. The Hall–Kier alpha value is -2.57. The number of benzene rings is 2. The van der Waals surface area contributed by atoms with E-state index in [2.05, 4.69) is 17.8 Å². The van der Waals surface area contributed by atoms with Crippen molar-refractivity contribution in [2.75, 3.05) is 6.61 Å². The molecule has 0 fully saturated rings. The number of fused-ring (bicyclic) bond motifs is 1. The minimum atomic E-state index is -0.463. The Bertz CT molecular complexity index is 938. The van der Waals surface area contributed by atoms with Gasteiger partial charge in [-0.05, 0) is 30.2 Å². The number of nitrogens with one attached hydrogen (secondary N) is 2. The number of carbonyl (C=O) groups excluding carboxylic acids is 2. The fourth-order valence-corrected chi connectivity index (χ4v) is 3.76. The van der Waals surface area contributed by atoms with Crippen LogP contribution < -0.4 is 15.6 Å². The molecule has 0 radical (unpaired) electrons. The van der Waals surface area contributed by atoms with Gasteiger partial charge in [0.2, 0.25) is 0 Å². The predicted molar refractivity (Wildman–Crippen MR) is 104 cm³/mol. The van der Waals surface area contributed by atoms with Gasteiger partial charge in [-0.1, -0.05) is 48.9 Å². The van der Waals surface area contributed by atoms with Crippen LogP contribution in [-0.2, 0) is 11.2 Å². The molecule has 0 saturated carbocycles. The number of thiophene rings is 1. The molecule has 0 bridgehead atoms. The standard InChI is InChI=1S/C19H17ClN2O3S/c1-2-12-7-9-13(10-8-12)25-11-16(23)21-22-19(24)18-17(20)14-5-3-4-6-15(14)26-18/h3-10H,2,11H2,1H3,(H,21,23)(H,22,24). The second-order valence-corrected chi connectivity index (χ2v) is 6.96. The maximum absolute atomic E-state index is 12.2. The number of hydrogen-bond acceptors (Lipinski definition) is 4. The Kier molecular flexibility index (Phi) is 5.75. The van der Waals surface area contributed by atoms with Gasteiger partial charge in [0, 0.05) is 10.1 Å². The Morgan fingerprint density at radius 3 is 2.50 bits per heavy atom. The average Bonchev–Trinajstić information content (AvgIpc) is 3.02. The zero-order chi connectivity index (χ0) is 18.5. The van der Waals surface area contributed by atoms with Crippen molar-refractivity contribution in [2.45, 2.75) is 13.3 Å². The van der Waals surface area contributed by atoms with Crippen molar-refractivity contribution in [1.29, 1.82) is 0 Å². The summed E-state index contributed by atoms with van der Waals surface area (Å²) in [6, 6.07) is 15.0. The number of halogens is 1. The number of carbonyl (C=O) groups is 2. The first-order valence-electron chi connectivity index (χ1n) is 8.06. The number of rotatable bonds is 5. The van der Waals surface area contributed by atoms with Crippen LogP contribution >= 0.6 is 22.9 Å². The fraction of sp³-hybridized carbons (Fsp3) is 0.158. The maximum Gasteiger partial charge on any atom is 0.281 e. The van der Waals surface area contributed by atoms with E-state index in [0.717, 1.165) is 16.5 Å². The molecule has 0 aliphatic carbocycles. The van der Waals surface area contributed by atoms with Crippen molar-refractivity contribution in [3.8, 4) is 5.75 Å². The molecule has 1 aromatic heterocycles. The largest absolute Gasteiger partial charge is 0.484 e. The Labute approximate surface area is 159 Å². The van der Waals surface area contributed by atoms with Crippen molar-refractivity contribution in [3.63, 3.8) is 0 Å². The molecule has 0 saturated heterocycles. The summed E-state index contributed by atoms with van der Waals surface area (Å²) in [5.74, 6) is -0.330. The lowest BCUT2D eigenvalue weighted by Crippen LogP contribution is -2.43.